The quantitative estimate of drug-likeness (QED) is 0.716. The van der Waals surface area contributed by atoms with Crippen molar-refractivity contribution in [3.05, 3.63) is 67.9 Å². The van der Waals surface area contributed by atoms with Crippen molar-refractivity contribution >= 4 is 39.1 Å². The average Bonchev–Trinajstić information content (AvgIpc) is 2.40. The van der Waals surface area contributed by atoms with Crippen LogP contribution in [0.5, 0.6) is 0 Å². The van der Waals surface area contributed by atoms with Gasteiger partial charge in [0.25, 0.3) is 0 Å². The van der Waals surface area contributed by atoms with E-state index in [0.717, 1.165) is 15.6 Å². The monoisotopic (exact) mass is 375 g/mol. The third kappa shape index (κ3) is 3.95. The second-order valence-corrected chi connectivity index (χ2v) is 6.25. The molecule has 106 valence electrons. The minimum atomic E-state index is -0.403. The van der Waals surface area contributed by atoms with Gasteiger partial charge in [-0.3, -0.25) is 0 Å². The summed E-state index contributed by atoms with van der Waals surface area (Å²) in [4.78, 5) is 0. The van der Waals surface area contributed by atoms with Gasteiger partial charge in [0.15, 0.2) is 0 Å². The molecule has 0 aliphatic heterocycles. The van der Waals surface area contributed by atoms with E-state index < -0.39 is 5.82 Å². The molecule has 5 heteroatoms. The molecule has 0 spiro atoms. The molecule has 0 heterocycles. The first-order chi connectivity index (χ1) is 9.47. The largest absolute Gasteiger partial charge is 0.306 e. The predicted molar refractivity (Wildman–Crippen MR) is 85.8 cm³/mol. The van der Waals surface area contributed by atoms with Crippen LogP contribution in [-0.2, 0) is 6.54 Å². The highest BCUT2D eigenvalue weighted by molar-refractivity contribution is 9.10. The first-order valence-corrected chi connectivity index (χ1v) is 7.64. The van der Waals surface area contributed by atoms with Gasteiger partial charge in [0, 0.05) is 22.1 Å². The molecule has 0 radical (unpaired) electrons. The lowest BCUT2D eigenvalue weighted by Gasteiger charge is -2.16. The van der Waals surface area contributed by atoms with Crippen molar-refractivity contribution in [2.45, 2.75) is 19.5 Å². The summed E-state index contributed by atoms with van der Waals surface area (Å²) in [6.07, 6.45) is 0. The fourth-order valence-electron chi connectivity index (χ4n) is 1.88. The maximum Gasteiger partial charge on any atom is 0.141 e. The molecule has 2 aromatic carbocycles. The lowest BCUT2D eigenvalue weighted by atomic mass is 10.1. The van der Waals surface area contributed by atoms with Crippen molar-refractivity contribution in [3.8, 4) is 0 Å². The predicted octanol–water partition coefficient (Wildman–Crippen LogP) is 5.75. The Kier molecular flexibility index (Phi) is 5.44. The van der Waals surface area contributed by atoms with E-state index >= 15 is 0 Å². The van der Waals surface area contributed by atoms with Crippen LogP contribution in [0, 0.1) is 5.82 Å². The molecule has 0 bridgehead atoms. The summed E-state index contributed by atoms with van der Waals surface area (Å²) < 4.78 is 14.0. The third-order valence-corrected chi connectivity index (χ3v) is 4.14. The molecule has 0 aromatic heterocycles. The van der Waals surface area contributed by atoms with E-state index in [1.165, 1.54) is 6.07 Å². The van der Waals surface area contributed by atoms with Crippen LogP contribution in [0.25, 0.3) is 0 Å². The zero-order valence-electron chi connectivity index (χ0n) is 10.8. The van der Waals surface area contributed by atoms with Gasteiger partial charge in [-0.25, -0.2) is 4.39 Å². The zero-order valence-corrected chi connectivity index (χ0v) is 13.9. The van der Waals surface area contributed by atoms with Crippen molar-refractivity contribution in [3.63, 3.8) is 0 Å². The van der Waals surface area contributed by atoms with Gasteiger partial charge in [0.1, 0.15) is 5.82 Å². The molecule has 0 fully saturated rings. The smallest absolute Gasteiger partial charge is 0.141 e. The van der Waals surface area contributed by atoms with Gasteiger partial charge >= 0.3 is 0 Å². The minimum absolute atomic E-state index is 0.0828. The van der Waals surface area contributed by atoms with Crippen LogP contribution in [0.4, 0.5) is 4.39 Å². The first-order valence-electron chi connectivity index (χ1n) is 6.09. The van der Waals surface area contributed by atoms with Crippen molar-refractivity contribution in [1.82, 2.24) is 5.32 Å². The summed E-state index contributed by atoms with van der Waals surface area (Å²) in [6.45, 7) is 2.62. The number of benzene rings is 2. The average molecular weight is 377 g/mol. The molecule has 2 rings (SSSR count). The maximum atomic E-state index is 13.1. The molecule has 1 atom stereocenters. The van der Waals surface area contributed by atoms with E-state index in [1.54, 1.807) is 12.1 Å². The molecule has 0 saturated heterocycles. The molecule has 1 N–H and O–H groups in total. The number of rotatable bonds is 4. The van der Waals surface area contributed by atoms with Crippen LogP contribution in [0.2, 0.25) is 10.0 Å². The Hall–Kier alpha value is -0.610. The van der Waals surface area contributed by atoms with Crippen molar-refractivity contribution < 1.29 is 4.39 Å². The van der Waals surface area contributed by atoms with Crippen LogP contribution in [0.15, 0.2) is 40.9 Å². The summed E-state index contributed by atoms with van der Waals surface area (Å²) in [7, 11) is 0. The van der Waals surface area contributed by atoms with Gasteiger partial charge in [0.05, 0.1) is 5.02 Å². The fraction of sp³-hybridized carbons (Fsp3) is 0.200. The molecule has 0 aliphatic carbocycles. The highest BCUT2D eigenvalue weighted by Crippen LogP contribution is 2.26. The van der Waals surface area contributed by atoms with Crippen LogP contribution < -0.4 is 5.32 Å². The van der Waals surface area contributed by atoms with Gasteiger partial charge in [0.2, 0.25) is 0 Å². The molecular formula is C15H13BrCl2FN. The maximum absolute atomic E-state index is 13.1. The summed E-state index contributed by atoms with van der Waals surface area (Å²) in [6, 6.07) is 10.6. The Morgan fingerprint density at radius 3 is 2.55 bits per heavy atom. The van der Waals surface area contributed by atoms with Crippen molar-refractivity contribution in [1.29, 1.82) is 0 Å². The fourth-order valence-corrected chi connectivity index (χ4v) is 2.92. The Morgan fingerprint density at radius 2 is 1.90 bits per heavy atom. The molecule has 0 saturated carbocycles. The van der Waals surface area contributed by atoms with Crippen LogP contribution in [0.3, 0.4) is 0 Å². The molecule has 1 nitrogen and oxygen atoms in total. The standard InChI is InChI=1S/C15H13BrCl2FN/c1-9(12-4-3-11(16)7-13(12)17)20-8-10-2-5-15(19)14(18)6-10/h2-7,9,20H,8H2,1H3. The van der Waals surface area contributed by atoms with Gasteiger partial charge in [-0.05, 0) is 42.3 Å². The lowest BCUT2D eigenvalue weighted by Crippen LogP contribution is -2.18. The number of nitrogens with one attached hydrogen (secondary N) is 1. The molecular weight excluding hydrogens is 364 g/mol. The van der Waals surface area contributed by atoms with Gasteiger partial charge in [-0.15, -0.1) is 0 Å². The van der Waals surface area contributed by atoms with E-state index in [9.17, 15) is 4.39 Å². The highest BCUT2D eigenvalue weighted by atomic mass is 79.9. The number of hydrogen-bond donors (Lipinski definition) is 1. The second kappa shape index (κ2) is 6.90. The van der Waals surface area contributed by atoms with Crippen LogP contribution >= 0.6 is 39.1 Å². The second-order valence-electron chi connectivity index (χ2n) is 4.52. The van der Waals surface area contributed by atoms with E-state index in [-0.39, 0.29) is 11.1 Å². The summed E-state index contributed by atoms with van der Waals surface area (Å²) in [5.74, 6) is -0.403. The van der Waals surface area contributed by atoms with Crippen LogP contribution in [-0.4, -0.2) is 0 Å². The molecule has 20 heavy (non-hydrogen) atoms. The Bertz CT molecular complexity index is 619. The van der Waals surface area contributed by atoms with Crippen LogP contribution in [0.1, 0.15) is 24.1 Å². The van der Waals surface area contributed by atoms with Gasteiger partial charge < -0.3 is 5.32 Å². The minimum Gasteiger partial charge on any atom is -0.306 e. The van der Waals surface area contributed by atoms with Gasteiger partial charge in [-0.1, -0.05) is 51.3 Å². The Labute approximate surface area is 136 Å². The van der Waals surface area contributed by atoms with E-state index in [1.807, 2.05) is 25.1 Å². The molecule has 0 aliphatic rings. The highest BCUT2D eigenvalue weighted by Gasteiger charge is 2.10. The summed E-state index contributed by atoms with van der Waals surface area (Å²) >= 11 is 15.4. The van der Waals surface area contributed by atoms with Crippen molar-refractivity contribution in [2.75, 3.05) is 0 Å². The van der Waals surface area contributed by atoms with E-state index in [4.69, 9.17) is 23.2 Å². The summed E-state index contributed by atoms with van der Waals surface area (Å²) in [5, 5.41) is 4.18. The summed E-state index contributed by atoms with van der Waals surface area (Å²) in [5.41, 5.74) is 1.94. The lowest BCUT2D eigenvalue weighted by molar-refractivity contribution is 0.573. The molecule has 2 aromatic rings. The topological polar surface area (TPSA) is 12.0 Å². The van der Waals surface area contributed by atoms with Gasteiger partial charge in [-0.2, -0.15) is 0 Å². The molecule has 1 unspecified atom stereocenters. The zero-order chi connectivity index (χ0) is 14.7. The first kappa shape index (κ1) is 15.8. The van der Waals surface area contributed by atoms with Crippen molar-refractivity contribution in [2.24, 2.45) is 0 Å². The van der Waals surface area contributed by atoms with E-state index in [0.29, 0.717) is 11.6 Å². The normalized spacial score (nSPS) is 12.4. The number of hydrogen-bond acceptors (Lipinski definition) is 1. The third-order valence-electron chi connectivity index (χ3n) is 3.03. The molecule has 0 amide bonds. The SMILES string of the molecule is CC(NCc1ccc(F)c(Cl)c1)c1ccc(Br)cc1Cl. The Morgan fingerprint density at radius 1 is 1.15 bits per heavy atom. The number of halogens is 4. The Balaban J connectivity index is 2.04. The van der Waals surface area contributed by atoms with E-state index in [2.05, 4.69) is 21.2 Å².